The summed E-state index contributed by atoms with van der Waals surface area (Å²) in [4.78, 5) is 10.0. The number of hydrogen-bond donors (Lipinski definition) is 1. The first-order chi connectivity index (χ1) is 9.54. The van der Waals surface area contributed by atoms with Crippen LogP contribution in [0.15, 0.2) is 35.6 Å². The second-order valence-electron chi connectivity index (χ2n) is 4.56. The molecular weight excluding hydrogens is 386 g/mol. The fourth-order valence-corrected chi connectivity index (χ4v) is 1.60. The van der Waals surface area contributed by atoms with Gasteiger partial charge in [-0.15, -0.1) is 24.0 Å². The Bertz CT molecular complexity index is 610. The van der Waals surface area contributed by atoms with Crippen molar-refractivity contribution in [3.63, 3.8) is 0 Å². The van der Waals surface area contributed by atoms with Gasteiger partial charge in [-0.05, 0) is 17.7 Å². The third kappa shape index (κ3) is 5.29. The largest absolute Gasteiger partial charge is 0.370 e. The molecule has 0 radical (unpaired) electrons. The summed E-state index contributed by atoms with van der Waals surface area (Å²) in [7, 11) is 3.63. The van der Waals surface area contributed by atoms with Crippen LogP contribution in [-0.4, -0.2) is 39.7 Å². The standard InChI is InChI=1S/C13H17FN6.HI/c1-19(2)13(15)16-7-12-17-9-20(18-12)8-10-4-3-5-11(14)6-10;/h3-6,9H,7-8H2,1-2H3,(H2,15,16);1H. The van der Waals surface area contributed by atoms with E-state index in [-0.39, 0.29) is 29.8 Å². The Morgan fingerprint density at radius 1 is 1.43 bits per heavy atom. The SMILES string of the molecule is CN(C)C(N)=NCc1ncn(Cc2cccc(F)c2)n1.I. The highest BCUT2D eigenvalue weighted by molar-refractivity contribution is 14.0. The van der Waals surface area contributed by atoms with Gasteiger partial charge >= 0.3 is 0 Å². The van der Waals surface area contributed by atoms with Crippen LogP contribution in [-0.2, 0) is 13.1 Å². The average molecular weight is 404 g/mol. The van der Waals surface area contributed by atoms with Crippen molar-refractivity contribution in [3.05, 3.63) is 47.8 Å². The van der Waals surface area contributed by atoms with E-state index in [1.165, 1.54) is 12.1 Å². The second kappa shape index (κ2) is 7.91. The van der Waals surface area contributed by atoms with Gasteiger partial charge < -0.3 is 10.6 Å². The Morgan fingerprint density at radius 3 is 2.86 bits per heavy atom. The van der Waals surface area contributed by atoms with Crippen molar-refractivity contribution in [2.75, 3.05) is 14.1 Å². The number of hydrogen-bond acceptors (Lipinski definition) is 3. The first kappa shape index (κ1) is 17.3. The van der Waals surface area contributed by atoms with Crippen molar-refractivity contribution in [1.29, 1.82) is 0 Å². The van der Waals surface area contributed by atoms with Crippen molar-refractivity contribution in [1.82, 2.24) is 19.7 Å². The zero-order chi connectivity index (χ0) is 14.5. The maximum absolute atomic E-state index is 13.1. The van der Waals surface area contributed by atoms with E-state index in [1.54, 1.807) is 22.0 Å². The number of nitrogens with two attached hydrogens (primary N) is 1. The molecule has 0 spiro atoms. The molecule has 114 valence electrons. The Hall–Kier alpha value is -1.71. The van der Waals surface area contributed by atoms with Crippen LogP contribution in [0, 0.1) is 5.82 Å². The lowest BCUT2D eigenvalue weighted by molar-refractivity contribution is 0.606. The fraction of sp³-hybridized carbons (Fsp3) is 0.308. The fourth-order valence-electron chi connectivity index (χ4n) is 1.60. The molecule has 1 aromatic heterocycles. The smallest absolute Gasteiger partial charge is 0.191 e. The number of halogens is 2. The van der Waals surface area contributed by atoms with Crippen molar-refractivity contribution in [2.45, 2.75) is 13.1 Å². The predicted octanol–water partition coefficient (Wildman–Crippen LogP) is 1.46. The average Bonchev–Trinajstić information content (AvgIpc) is 2.83. The molecule has 0 aliphatic heterocycles. The van der Waals surface area contributed by atoms with Gasteiger partial charge in [0.1, 0.15) is 18.7 Å². The second-order valence-corrected chi connectivity index (χ2v) is 4.56. The summed E-state index contributed by atoms with van der Waals surface area (Å²) in [5, 5.41) is 4.27. The van der Waals surface area contributed by atoms with Crippen molar-refractivity contribution >= 4 is 29.9 Å². The molecule has 6 nitrogen and oxygen atoms in total. The number of nitrogens with zero attached hydrogens (tertiary/aromatic N) is 5. The third-order valence-corrected chi connectivity index (χ3v) is 2.66. The minimum Gasteiger partial charge on any atom is -0.370 e. The van der Waals surface area contributed by atoms with Crippen LogP contribution in [0.4, 0.5) is 4.39 Å². The van der Waals surface area contributed by atoms with Crippen LogP contribution in [0.1, 0.15) is 11.4 Å². The number of aromatic nitrogens is 3. The molecule has 0 saturated carbocycles. The molecule has 21 heavy (non-hydrogen) atoms. The van der Waals surface area contributed by atoms with Crippen LogP contribution in [0.5, 0.6) is 0 Å². The molecule has 0 aliphatic carbocycles. The van der Waals surface area contributed by atoms with E-state index >= 15 is 0 Å². The molecule has 0 bridgehead atoms. The Labute approximate surface area is 139 Å². The Morgan fingerprint density at radius 2 is 2.19 bits per heavy atom. The van der Waals surface area contributed by atoms with E-state index < -0.39 is 0 Å². The quantitative estimate of drug-likeness (QED) is 0.476. The molecule has 2 rings (SSSR count). The molecule has 0 atom stereocenters. The van der Waals surface area contributed by atoms with Crippen LogP contribution in [0.2, 0.25) is 0 Å². The molecule has 0 saturated heterocycles. The zero-order valence-electron chi connectivity index (χ0n) is 11.9. The van der Waals surface area contributed by atoms with Crippen LogP contribution < -0.4 is 5.73 Å². The van der Waals surface area contributed by atoms with E-state index in [2.05, 4.69) is 15.1 Å². The molecule has 8 heteroatoms. The summed E-state index contributed by atoms with van der Waals surface area (Å²) in [5.74, 6) is 0.740. The summed E-state index contributed by atoms with van der Waals surface area (Å²) in [5.41, 5.74) is 6.51. The van der Waals surface area contributed by atoms with Crippen LogP contribution in [0.25, 0.3) is 0 Å². The maximum Gasteiger partial charge on any atom is 0.191 e. The third-order valence-electron chi connectivity index (χ3n) is 2.66. The highest BCUT2D eigenvalue weighted by Gasteiger charge is 2.03. The summed E-state index contributed by atoms with van der Waals surface area (Å²) >= 11 is 0. The van der Waals surface area contributed by atoms with Crippen LogP contribution in [0.3, 0.4) is 0 Å². The first-order valence-corrected chi connectivity index (χ1v) is 6.14. The highest BCUT2D eigenvalue weighted by atomic mass is 127. The summed E-state index contributed by atoms with van der Waals surface area (Å²) in [6.45, 7) is 0.789. The molecule has 0 amide bonds. The summed E-state index contributed by atoms with van der Waals surface area (Å²) in [6.07, 6.45) is 1.60. The number of guanidine groups is 1. The van der Waals surface area contributed by atoms with Gasteiger partial charge in [0.25, 0.3) is 0 Å². The number of benzene rings is 1. The summed E-state index contributed by atoms with van der Waals surface area (Å²) in [6, 6.07) is 6.40. The van der Waals surface area contributed by atoms with E-state index in [0.29, 0.717) is 24.9 Å². The minimum atomic E-state index is -0.258. The Kier molecular flexibility index (Phi) is 6.53. The maximum atomic E-state index is 13.1. The van der Waals surface area contributed by atoms with Gasteiger partial charge in [0.05, 0.1) is 6.54 Å². The molecule has 1 heterocycles. The normalized spacial score (nSPS) is 11.1. The molecule has 0 fully saturated rings. The van der Waals surface area contributed by atoms with Crippen molar-refractivity contribution < 1.29 is 4.39 Å². The number of aliphatic imine (C=N–C) groups is 1. The van der Waals surface area contributed by atoms with Crippen molar-refractivity contribution in [2.24, 2.45) is 10.7 Å². The van der Waals surface area contributed by atoms with Gasteiger partial charge in [-0.2, -0.15) is 5.10 Å². The van der Waals surface area contributed by atoms with Gasteiger partial charge in [-0.3, -0.25) is 0 Å². The van der Waals surface area contributed by atoms with Gasteiger partial charge in [0.15, 0.2) is 11.8 Å². The number of rotatable bonds is 4. The van der Waals surface area contributed by atoms with Gasteiger partial charge in [0, 0.05) is 14.1 Å². The van der Waals surface area contributed by atoms with Crippen molar-refractivity contribution in [3.8, 4) is 0 Å². The van der Waals surface area contributed by atoms with E-state index in [0.717, 1.165) is 5.56 Å². The minimum absolute atomic E-state index is 0. The van der Waals surface area contributed by atoms with Gasteiger partial charge in [-0.25, -0.2) is 19.0 Å². The highest BCUT2D eigenvalue weighted by Crippen LogP contribution is 2.05. The first-order valence-electron chi connectivity index (χ1n) is 6.14. The lowest BCUT2D eigenvalue weighted by atomic mass is 10.2. The predicted molar refractivity (Wildman–Crippen MR) is 90.0 cm³/mol. The lowest BCUT2D eigenvalue weighted by Crippen LogP contribution is -2.30. The lowest BCUT2D eigenvalue weighted by Gasteiger charge is -2.09. The monoisotopic (exact) mass is 404 g/mol. The van der Waals surface area contributed by atoms with Gasteiger partial charge in [0.2, 0.25) is 0 Å². The Balaban J connectivity index is 0.00000220. The topological polar surface area (TPSA) is 72.3 Å². The van der Waals surface area contributed by atoms with E-state index in [1.807, 2.05) is 20.2 Å². The van der Waals surface area contributed by atoms with Gasteiger partial charge in [-0.1, -0.05) is 12.1 Å². The molecular formula is C13H18FIN6. The van der Waals surface area contributed by atoms with E-state index in [4.69, 9.17) is 5.73 Å². The molecule has 0 aliphatic rings. The molecule has 2 aromatic rings. The van der Waals surface area contributed by atoms with Crippen LogP contribution >= 0.6 is 24.0 Å². The summed E-state index contributed by atoms with van der Waals surface area (Å²) < 4.78 is 14.7. The molecule has 0 unspecified atom stereocenters. The van der Waals surface area contributed by atoms with E-state index in [9.17, 15) is 4.39 Å². The molecule has 1 aromatic carbocycles. The molecule has 2 N–H and O–H groups in total. The zero-order valence-corrected chi connectivity index (χ0v) is 14.2.